The Bertz CT molecular complexity index is 1410. The number of ether oxygens (including phenoxy) is 2. The largest absolute Gasteiger partial charge is 0.494 e. The topological polar surface area (TPSA) is 161 Å². The number of nitrogens with two attached hydrogens (primary N) is 1. The van der Waals surface area contributed by atoms with Crippen LogP contribution in [0, 0.1) is 11.2 Å². The van der Waals surface area contributed by atoms with Gasteiger partial charge < -0.3 is 28.8 Å². The van der Waals surface area contributed by atoms with E-state index in [-0.39, 0.29) is 65.5 Å². The smallest absolute Gasteiger partial charge is 0.356 e. The van der Waals surface area contributed by atoms with Crippen LogP contribution in [-0.2, 0) is 36.3 Å². The van der Waals surface area contributed by atoms with Crippen LogP contribution in [-0.4, -0.2) is 57.1 Å². The highest BCUT2D eigenvalue weighted by atomic mass is 32.2. The van der Waals surface area contributed by atoms with Crippen LogP contribution in [0.4, 0.5) is 10.3 Å². The first-order chi connectivity index (χ1) is 18.9. The van der Waals surface area contributed by atoms with Crippen LogP contribution in [0.1, 0.15) is 39.2 Å². The molecule has 3 rings (SSSR count). The maximum atomic E-state index is 14.1. The lowest BCUT2D eigenvalue weighted by molar-refractivity contribution is -0.111. The number of thioether (sulfide) groups is 1. The van der Waals surface area contributed by atoms with Gasteiger partial charge in [-0.2, -0.15) is 4.98 Å². The molecule has 1 atom stereocenters. The highest BCUT2D eigenvalue weighted by Crippen LogP contribution is 2.49. The van der Waals surface area contributed by atoms with Crippen LogP contribution >= 0.6 is 19.4 Å². The summed E-state index contributed by atoms with van der Waals surface area (Å²) in [5.74, 6) is -0.265. The van der Waals surface area contributed by atoms with Gasteiger partial charge in [-0.05, 0) is 29.5 Å². The van der Waals surface area contributed by atoms with Crippen LogP contribution < -0.4 is 16.0 Å². The third-order valence-electron chi connectivity index (χ3n) is 5.58. The minimum atomic E-state index is -3.81. The zero-order chi connectivity index (χ0) is 29.3. The van der Waals surface area contributed by atoms with Gasteiger partial charge in [-0.25, -0.2) is 9.37 Å². The van der Waals surface area contributed by atoms with E-state index in [1.54, 1.807) is 10.6 Å². The summed E-state index contributed by atoms with van der Waals surface area (Å²) in [4.78, 5) is 34.6. The van der Waals surface area contributed by atoms with Crippen molar-refractivity contribution in [3.05, 3.63) is 46.3 Å². The van der Waals surface area contributed by atoms with Crippen molar-refractivity contribution in [2.75, 3.05) is 38.2 Å². The molecule has 0 bridgehead atoms. The molecule has 0 aliphatic heterocycles. The zero-order valence-electron chi connectivity index (χ0n) is 23.0. The van der Waals surface area contributed by atoms with Crippen molar-refractivity contribution in [1.29, 1.82) is 0 Å². The summed E-state index contributed by atoms with van der Waals surface area (Å²) in [7, 11) is -2.45. The Morgan fingerprint density at radius 2 is 2.02 bits per heavy atom. The molecule has 0 spiro atoms. The summed E-state index contributed by atoms with van der Waals surface area (Å²) in [5.41, 5.74) is 6.06. The number of carbonyl (C=O) groups excluding carboxylic acids is 1. The van der Waals surface area contributed by atoms with Gasteiger partial charge in [-0.1, -0.05) is 38.6 Å². The monoisotopic (exact) mass is 599 g/mol. The van der Waals surface area contributed by atoms with E-state index in [1.807, 2.05) is 0 Å². The lowest BCUT2D eigenvalue weighted by Gasteiger charge is -2.19. The SMILES string of the molecule is COc1ccc(COP(=O)(COCCn2cnc3c(=O)[nH]c(N)nc32)OCCSC(=O)CCC(C)(C)C)cc1F. The number of halogens is 1. The second-order valence-electron chi connectivity index (χ2n) is 10.1. The summed E-state index contributed by atoms with van der Waals surface area (Å²) in [6, 6.07) is 4.25. The minimum absolute atomic E-state index is 0.0122. The van der Waals surface area contributed by atoms with Gasteiger partial charge in [-0.15, -0.1) is 0 Å². The van der Waals surface area contributed by atoms with Gasteiger partial charge >= 0.3 is 7.60 Å². The number of carbonyl (C=O) groups is 1. The van der Waals surface area contributed by atoms with Crippen LogP contribution in [0.3, 0.4) is 0 Å². The van der Waals surface area contributed by atoms with Crippen molar-refractivity contribution in [1.82, 2.24) is 19.5 Å². The molecule has 1 unspecified atom stereocenters. The number of rotatable bonds is 15. The van der Waals surface area contributed by atoms with E-state index in [9.17, 15) is 18.5 Å². The van der Waals surface area contributed by atoms with E-state index in [0.29, 0.717) is 12.0 Å². The number of fused-ring (bicyclic) bond motifs is 1. The fourth-order valence-electron chi connectivity index (χ4n) is 3.44. The predicted octanol–water partition coefficient (Wildman–Crippen LogP) is 4.34. The maximum absolute atomic E-state index is 14.1. The molecule has 0 fully saturated rings. The van der Waals surface area contributed by atoms with Crippen molar-refractivity contribution in [2.45, 2.75) is 46.8 Å². The Morgan fingerprint density at radius 1 is 1.25 bits per heavy atom. The second-order valence-corrected chi connectivity index (χ2v) is 13.2. The van der Waals surface area contributed by atoms with Crippen LogP contribution in [0.2, 0.25) is 0 Å². The Balaban J connectivity index is 1.57. The van der Waals surface area contributed by atoms with Crippen LogP contribution in [0.25, 0.3) is 11.2 Å². The number of anilines is 1. The molecule has 1 aromatic carbocycles. The fraction of sp³-hybridized carbons (Fsp3) is 0.520. The zero-order valence-corrected chi connectivity index (χ0v) is 24.7. The molecule has 220 valence electrons. The molecule has 0 radical (unpaired) electrons. The van der Waals surface area contributed by atoms with Crippen LogP contribution in [0.5, 0.6) is 5.75 Å². The molecule has 3 N–H and O–H groups in total. The van der Waals surface area contributed by atoms with Crippen molar-refractivity contribution in [3.63, 3.8) is 0 Å². The predicted molar refractivity (Wildman–Crippen MR) is 151 cm³/mol. The minimum Gasteiger partial charge on any atom is -0.494 e. The van der Waals surface area contributed by atoms with E-state index >= 15 is 0 Å². The summed E-state index contributed by atoms with van der Waals surface area (Å²) < 4.78 is 50.9. The first-order valence-corrected chi connectivity index (χ1v) is 15.2. The standard InChI is InChI=1S/C25H35FN5O7PS/c1-25(2,3)8-7-20(32)40-12-11-37-39(34,38-14-17-5-6-19(35-4)18(26)13-17)16-36-10-9-31-15-28-21-22(31)29-24(27)30-23(21)33/h5-6,13,15H,7-12,14,16H2,1-4H3,(H3,27,29,30,33). The number of hydrogen-bond acceptors (Lipinski definition) is 11. The maximum Gasteiger partial charge on any atom is 0.356 e. The molecule has 0 aliphatic carbocycles. The van der Waals surface area contributed by atoms with Crippen molar-refractivity contribution in [3.8, 4) is 5.75 Å². The number of nitrogens with zero attached hydrogens (tertiary/aromatic N) is 3. The molecule has 0 saturated heterocycles. The average molecular weight is 600 g/mol. The Labute approximate surface area is 235 Å². The molecule has 0 saturated carbocycles. The normalized spacial score (nSPS) is 13.4. The number of hydrogen-bond donors (Lipinski definition) is 2. The van der Waals surface area contributed by atoms with Gasteiger partial charge in [0.15, 0.2) is 27.8 Å². The van der Waals surface area contributed by atoms with Gasteiger partial charge in [0.25, 0.3) is 5.56 Å². The van der Waals surface area contributed by atoms with E-state index in [1.165, 1.54) is 25.6 Å². The molecule has 12 nitrogen and oxygen atoms in total. The second kappa shape index (κ2) is 14.2. The quantitative estimate of drug-likeness (QED) is 0.189. The summed E-state index contributed by atoms with van der Waals surface area (Å²) in [6.45, 7) is 6.28. The molecular formula is C25H35FN5O7PS. The molecule has 2 heterocycles. The lowest BCUT2D eigenvalue weighted by Crippen LogP contribution is -2.13. The summed E-state index contributed by atoms with van der Waals surface area (Å²) in [6.07, 6.45) is 2.23. The van der Waals surface area contributed by atoms with E-state index in [2.05, 4.69) is 35.7 Å². The van der Waals surface area contributed by atoms with E-state index in [0.717, 1.165) is 18.2 Å². The molecule has 2 aromatic heterocycles. The number of nitrogens with one attached hydrogen (secondary N) is 1. The molecule has 0 aliphatic rings. The Hall–Kier alpha value is -2.77. The highest BCUT2D eigenvalue weighted by molar-refractivity contribution is 8.13. The van der Waals surface area contributed by atoms with Gasteiger partial charge in [0.05, 0.1) is 33.3 Å². The van der Waals surface area contributed by atoms with Gasteiger partial charge in [0.1, 0.15) is 6.35 Å². The molecule has 15 heteroatoms. The third-order valence-corrected chi connectivity index (χ3v) is 8.07. The first-order valence-electron chi connectivity index (χ1n) is 12.5. The number of methoxy groups -OCH3 is 1. The number of H-pyrrole nitrogens is 1. The van der Waals surface area contributed by atoms with E-state index < -0.39 is 25.3 Å². The van der Waals surface area contributed by atoms with Crippen molar-refractivity contribution >= 4 is 41.6 Å². The highest BCUT2D eigenvalue weighted by Gasteiger charge is 2.26. The fourth-order valence-corrected chi connectivity index (χ4v) is 5.49. The number of aromatic amines is 1. The molecular weight excluding hydrogens is 564 g/mol. The number of aromatic nitrogens is 4. The number of imidazole rings is 1. The third kappa shape index (κ3) is 9.70. The molecule has 40 heavy (non-hydrogen) atoms. The van der Waals surface area contributed by atoms with Gasteiger partial charge in [0.2, 0.25) is 5.95 Å². The number of nitrogen functional groups attached to an aromatic ring is 1. The van der Waals surface area contributed by atoms with Crippen molar-refractivity contribution in [2.24, 2.45) is 5.41 Å². The molecule has 3 aromatic rings. The first kappa shape index (κ1) is 31.8. The Kier molecular flexibility index (Phi) is 11.3. The van der Waals surface area contributed by atoms with Crippen molar-refractivity contribution < 1.29 is 32.3 Å². The van der Waals surface area contributed by atoms with Gasteiger partial charge in [0, 0.05) is 18.7 Å². The molecule has 0 amide bonds. The number of benzene rings is 1. The Morgan fingerprint density at radius 3 is 2.73 bits per heavy atom. The lowest BCUT2D eigenvalue weighted by atomic mass is 9.91. The van der Waals surface area contributed by atoms with Crippen LogP contribution in [0.15, 0.2) is 29.3 Å². The summed E-state index contributed by atoms with van der Waals surface area (Å²) in [5, 5.41) is 0.0277. The summed E-state index contributed by atoms with van der Waals surface area (Å²) >= 11 is 1.11. The average Bonchev–Trinajstić information content (AvgIpc) is 3.29. The van der Waals surface area contributed by atoms with E-state index in [4.69, 9.17) is 24.3 Å². The van der Waals surface area contributed by atoms with Gasteiger partial charge in [-0.3, -0.25) is 19.1 Å².